The van der Waals surface area contributed by atoms with Gasteiger partial charge in [-0.05, 0) is 43.0 Å². The maximum Gasteiger partial charge on any atom is 0.119 e. The normalized spacial score (nSPS) is 16.5. The monoisotopic (exact) mass is 202 g/mol. The van der Waals surface area contributed by atoms with Gasteiger partial charge < -0.3 is 10.1 Å². The SMILES string of the molecule is COc1ccc(NC(C#N)C2CC2)cc1. The van der Waals surface area contributed by atoms with Gasteiger partial charge in [-0.25, -0.2) is 0 Å². The van der Waals surface area contributed by atoms with Crippen LogP contribution in [0.2, 0.25) is 0 Å². The van der Waals surface area contributed by atoms with E-state index in [0.717, 1.165) is 11.4 Å². The molecule has 0 saturated heterocycles. The number of hydrogen-bond donors (Lipinski definition) is 1. The smallest absolute Gasteiger partial charge is 0.119 e. The fourth-order valence-corrected chi connectivity index (χ4v) is 1.55. The van der Waals surface area contributed by atoms with Crippen LogP contribution in [0.1, 0.15) is 12.8 Å². The summed E-state index contributed by atoms with van der Waals surface area (Å²) in [6.07, 6.45) is 2.34. The van der Waals surface area contributed by atoms with E-state index in [0.29, 0.717) is 5.92 Å². The van der Waals surface area contributed by atoms with E-state index >= 15 is 0 Å². The molecule has 1 N–H and O–H groups in total. The minimum Gasteiger partial charge on any atom is -0.497 e. The first-order valence-corrected chi connectivity index (χ1v) is 5.13. The molecule has 1 aromatic rings. The molecule has 2 rings (SSSR count). The van der Waals surface area contributed by atoms with Gasteiger partial charge in [0.25, 0.3) is 0 Å². The minimum absolute atomic E-state index is 0.0432. The summed E-state index contributed by atoms with van der Waals surface area (Å²) in [6.45, 7) is 0. The van der Waals surface area contributed by atoms with Crippen LogP contribution in [0.3, 0.4) is 0 Å². The highest BCUT2D eigenvalue weighted by molar-refractivity contribution is 5.48. The highest BCUT2D eigenvalue weighted by Crippen LogP contribution is 2.34. The molecule has 1 fully saturated rings. The van der Waals surface area contributed by atoms with Crippen LogP contribution in [-0.4, -0.2) is 13.2 Å². The maximum atomic E-state index is 8.96. The van der Waals surface area contributed by atoms with E-state index in [1.54, 1.807) is 7.11 Å². The Hall–Kier alpha value is -1.69. The van der Waals surface area contributed by atoms with Crippen molar-refractivity contribution >= 4 is 5.69 Å². The van der Waals surface area contributed by atoms with Crippen LogP contribution in [0.15, 0.2) is 24.3 Å². The number of hydrogen-bond acceptors (Lipinski definition) is 3. The van der Waals surface area contributed by atoms with Gasteiger partial charge in [0.05, 0.1) is 13.2 Å². The number of ether oxygens (including phenoxy) is 1. The molecule has 0 heterocycles. The van der Waals surface area contributed by atoms with Crippen molar-refractivity contribution in [3.05, 3.63) is 24.3 Å². The maximum absolute atomic E-state index is 8.96. The summed E-state index contributed by atoms with van der Waals surface area (Å²) >= 11 is 0. The quantitative estimate of drug-likeness (QED) is 0.815. The second kappa shape index (κ2) is 4.22. The van der Waals surface area contributed by atoms with Crippen LogP contribution in [0, 0.1) is 17.2 Å². The molecular weight excluding hydrogens is 188 g/mol. The average Bonchev–Trinajstić information content (AvgIpc) is 3.10. The van der Waals surface area contributed by atoms with Crippen molar-refractivity contribution in [1.29, 1.82) is 5.26 Å². The van der Waals surface area contributed by atoms with E-state index in [-0.39, 0.29) is 6.04 Å². The molecule has 1 aliphatic rings. The molecule has 0 radical (unpaired) electrons. The molecule has 0 spiro atoms. The molecular formula is C12H14N2O. The van der Waals surface area contributed by atoms with Crippen molar-refractivity contribution < 1.29 is 4.74 Å². The van der Waals surface area contributed by atoms with E-state index in [1.807, 2.05) is 24.3 Å². The summed E-state index contributed by atoms with van der Waals surface area (Å²) in [4.78, 5) is 0. The van der Waals surface area contributed by atoms with Gasteiger partial charge >= 0.3 is 0 Å². The van der Waals surface area contributed by atoms with Crippen LogP contribution in [-0.2, 0) is 0 Å². The zero-order valence-corrected chi connectivity index (χ0v) is 8.73. The van der Waals surface area contributed by atoms with Crippen molar-refractivity contribution in [3.63, 3.8) is 0 Å². The van der Waals surface area contributed by atoms with Gasteiger partial charge in [-0.15, -0.1) is 0 Å². The largest absolute Gasteiger partial charge is 0.497 e. The number of rotatable bonds is 4. The van der Waals surface area contributed by atoms with E-state index in [9.17, 15) is 0 Å². The molecule has 15 heavy (non-hydrogen) atoms. The van der Waals surface area contributed by atoms with Crippen molar-refractivity contribution in [2.24, 2.45) is 5.92 Å². The highest BCUT2D eigenvalue weighted by Gasteiger charge is 2.31. The third kappa shape index (κ3) is 2.41. The molecule has 0 amide bonds. The molecule has 3 nitrogen and oxygen atoms in total. The third-order valence-corrected chi connectivity index (χ3v) is 2.64. The highest BCUT2D eigenvalue weighted by atomic mass is 16.5. The Kier molecular flexibility index (Phi) is 2.77. The Labute approximate surface area is 89.7 Å². The second-order valence-electron chi connectivity index (χ2n) is 3.82. The summed E-state index contributed by atoms with van der Waals surface area (Å²) in [6, 6.07) is 9.91. The van der Waals surface area contributed by atoms with Gasteiger partial charge in [0.1, 0.15) is 11.8 Å². The van der Waals surface area contributed by atoms with Gasteiger partial charge in [0.15, 0.2) is 0 Å². The van der Waals surface area contributed by atoms with Gasteiger partial charge in [0.2, 0.25) is 0 Å². The Morgan fingerprint density at radius 3 is 2.53 bits per heavy atom. The van der Waals surface area contributed by atoms with Crippen LogP contribution in [0.25, 0.3) is 0 Å². The number of methoxy groups -OCH3 is 1. The minimum atomic E-state index is -0.0432. The first-order valence-electron chi connectivity index (χ1n) is 5.13. The van der Waals surface area contributed by atoms with Gasteiger partial charge in [-0.2, -0.15) is 5.26 Å². The standard InChI is InChI=1S/C12H14N2O/c1-15-11-6-4-10(5-7-11)14-12(8-13)9-2-3-9/h4-7,9,12,14H,2-3H2,1H3. The number of benzene rings is 1. The Morgan fingerprint density at radius 1 is 1.40 bits per heavy atom. The Morgan fingerprint density at radius 2 is 2.07 bits per heavy atom. The summed E-state index contributed by atoms with van der Waals surface area (Å²) < 4.78 is 5.07. The number of nitrogens with zero attached hydrogens (tertiary/aromatic N) is 1. The fraction of sp³-hybridized carbons (Fsp3) is 0.417. The topological polar surface area (TPSA) is 45.0 Å². The second-order valence-corrected chi connectivity index (χ2v) is 3.82. The van der Waals surface area contributed by atoms with Crippen molar-refractivity contribution in [2.75, 3.05) is 12.4 Å². The molecule has 0 aromatic heterocycles. The Balaban J connectivity index is 2.00. The fourth-order valence-electron chi connectivity index (χ4n) is 1.55. The average molecular weight is 202 g/mol. The van der Waals surface area contributed by atoms with Gasteiger partial charge in [0, 0.05) is 5.69 Å². The predicted octanol–water partition coefficient (Wildman–Crippen LogP) is 2.41. The lowest BCUT2D eigenvalue weighted by Crippen LogP contribution is -2.19. The third-order valence-electron chi connectivity index (χ3n) is 2.64. The van der Waals surface area contributed by atoms with E-state index in [2.05, 4.69) is 11.4 Å². The lowest BCUT2D eigenvalue weighted by molar-refractivity contribution is 0.415. The van der Waals surface area contributed by atoms with Crippen LogP contribution in [0.5, 0.6) is 5.75 Å². The predicted molar refractivity (Wildman–Crippen MR) is 58.7 cm³/mol. The molecule has 1 atom stereocenters. The molecule has 1 unspecified atom stereocenters. The number of anilines is 1. The molecule has 3 heteroatoms. The first-order chi connectivity index (χ1) is 7.33. The lowest BCUT2D eigenvalue weighted by atomic mass is 10.2. The zero-order chi connectivity index (χ0) is 10.7. The van der Waals surface area contributed by atoms with E-state index in [4.69, 9.17) is 10.00 Å². The van der Waals surface area contributed by atoms with Crippen molar-refractivity contribution in [2.45, 2.75) is 18.9 Å². The summed E-state index contributed by atoms with van der Waals surface area (Å²) in [5.41, 5.74) is 0.981. The lowest BCUT2D eigenvalue weighted by Gasteiger charge is -2.11. The molecule has 0 bridgehead atoms. The van der Waals surface area contributed by atoms with Crippen LogP contribution < -0.4 is 10.1 Å². The molecule has 1 saturated carbocycles. The first kappa shape index (κ1) is 9.85. The van der Waals surface area contributed by atoms with E-state index < -0.39 is 0 Å². The summed E-state index contributed by atoms with van der Waals surface area (Å²) in [5.74, 6) is 1.37. The number of nitrogens with one attached hydrogen (secondary N) is 1. The van der Waals surface area contributed by atoms with Crippen molar-refractivity contribution in [1.82, 2.24) is 0 Å². The van der Waals surface area contributed by atoms with Gasteiger partial charge in [-0.3, -0.25) is 0 Å². The summed E-state index contributed by atoms with van der Waals surface area (Å²) in [7, 11) is 1.64. The van der Waals surface area contributed by atoms with E-state index in [1.165, 1.54) is 12.8 Å². The molecule has 78 valence electrons. The van der Waals surface area contributed by atoms with Crippen molar-refractivity contribution in [3.8, 4) is 11.8 Å². The molecule has 1 aliphatic carbocycles. The van der Waals surface area contributed by atoms with Crippen LogP contribution in [0.4, 0.5) is 5.69 Å². The summed E-state index contributed by atoms with van der Waals surface area (Å²) in [5, 5.41) is 12.2. The Bertz CT molecular complexity index is 362. The molecule has 0 aliphatic heterocycles. The molecule has 1 aromatic carbocycles. The van der Waals surface area contributed by atoms with Gasteiger partial charge in [-0.1, -0.05) is 0 Å². The zero-order valence-electron chi connectivity index (χ0n) is 8.73. The van der Waals surface area contributed by atoms with Crippen LogP contribution >= 0.6 is 0 Å². The number of nitriles is 1.